The molecule has 2 saturated heterocycles. The van der Waals surface area contributed by atoms with Crippen LogP contribution in [0.1, 0.15) is 20.3 Å². The number of hydrogen-bond donors (Lipinski definition) is 0. The molecule has 78 valence electrons. The van der Waals surface area contributed by atoms with Gasteiger partial charge in [0, 0.05) is 26.2 Å². The van der Waals surface area contributed by atoms with Crippen LogP contribution in [0.15, 0.2) is 0 Å². The third-order valence-electron chi connectivity index (χ3n) is 3.02. The van der Waals surface area contributed by atoms with Gasteiger partial charge in [0.15, 0.2) is 0 Å². The van der Waals surface area contributed by atoms with Crippen LogP contribution in [0.25, 0.3) is 0 Å². The van der Waals surface area contributed by atoms with E-state index in [1.807, 2.05) is 13.8 Å². The summed E-state index contributed by atoms with van der Waals surface area (Å²) in [6.45, 7) is 9.27. The Labute approximate surface area is 84.9 Å². The summed E-state index contributed by atoms with van der Waals surface area (Å²) in [6.07, 6.45) is 1.42. The molecule has 2 heterocycles. The van der Waals surface area contributed by atoms with Crippen LogP contribution in [-0.2, 0) is 0 Å². The summed E-state index contributed by atoms with van der Waals surface area (Å²) in [6, 6.07) is 0. The molecule has 0 amide bonds. The molecule has 0 radical (unpaired) electrons. The van der Waals surface area contributed by atoms with Gasteiger partial charge in [-0.2, -0.15) is 0 Å². The van der Waals surface area contributed by atoms with Gasteiger partial charge in [-0.25, -0.2) is 0 Å². The van der Waals surface area contributed by atoms with E-state index in [9.17, 15) is 0 Å². The van der Waals surface area contributed by atoms with Crippen LogP contribution < -0.4 is 0 Å². The molecule has 2 atom stereocenters. The summed E-state index contributed by atoms with van der Waals surface area (Å²) in [5.41, 5.74) is 0. The molecule has 0 spiro atoms. The zero-order valence-corrected chi connectivity index (χ0v) is 10.3. The molecule has 0 saturated carbocycles. The van der Waals surface area contributed by atoms with Crippen molar-refractivity contribution in [3.63, 3.8) is 0 Å². The molecule has 0 aromatic rings. The average Bonchev–Trinajstić information content (AvgIpc) is 2.50. The van der Waals surface area contributed by atoms with Crippen molar-refractivity contribution in [1.82, 2.24) is 9.57 Å². The quantitative estimate of drug-likeness (QED) is 0.597. The Morgan fingerprint density at radius 1 is 1.08 bits per heavy atom. The summed E-state index contributed by atoms with van der Waals surface area (Å²) >= 11 is 0. The number of hydrogen-bond acceptors (Lipinski definition) is 2. The van der Waals surface area contributed by atoms with Crippen molar-refractivity contribution in [2.75, 3.05) is 33.2 Å². The lowest BCUT2D eigenvalue weighted by atomic mass is 9.86. The third kappa shape index (κ3) is 2.90. The third-order valence-corrected chi connectivity index (χ3v) is 3.48. The number of rotatable bonds is 1. The summed E-state index contributed by atoms with van der Waals surface area (Å²) in [5.74, 6) is 1.99. The van der Waals surface area contributed by atoms with Gasteiger partial charge < -0.3 is 4.90 Å². The Hall–Kier alpha value is 0.350. The summed E-state index contributed by atoms with van der Waals surface area (Å²) < 4.78 is 2.38. The van der Waals surface area contributed by atoms with Crippen molar-refractivity contribution in [1.29, 1.82) is 0 Å². The van der Waals surface area contributed by atoms with E-state index in [1.165, 1.54) is 32.6 Å². The van der Waals surface area contributed by atoms with E-state index >= 15 is 0 Å². The molecule has 2 rings (SSSR count). The van der Waals surface area contributed by atoms with Gasteiger partial charge in [0.1, 0.15) is 0 Å². The largest absolute Gasteiger partial charge is 0.306 e. The second-order valence-corrected chi connectivity index (χ2v) is 4.76. The monoisotopic (exact) mass is 202 g/mol. The Morgan fingerprint density at radius 2 is 1.69 bits per heavy atom. The molecular formula is C10H23N2P. The van der Waals surface area contributed by atoms with Crippen molar-refractivity contribution in [3.05, 3.63) is 0 Å². The van der Waals surface area contributed by atoms with Crippen LogP contribution in [-0.4, -0.2) is 42.8 Å². The highest BCUT2D eigenvalue weighted by molar-refractivity contribution is 7.13. The Bertz CT molecular complexity index is 146. The molecule has 2 nitrogen and oxygen atoms in total. The van der Waals surface area contributed by atoms with E-state index in [0.717, 1.165) is 11.8 Å². The fourth-order valence-electron chi connectivity index (χ4n) is 2.25. The van der Waals surface area contributed by atoms with Gasteiger partial charge in [-0.1, -0.05) is 23.2 Å². The highest BCUT2D eigenvalue weighted by Gasteiger charge is 2.34. The van der Waals surface area contributed by atoms with Crippen LogP contribution in [0.3, 0.4) is 0 Å². The fraction of sp³-hybridized carbons (Fsp3) is 1.00. The zero-order chi connectivity index (χ0) is 9.84. The van der Waals surface area contributed by atoms with E-state index in [0.29, 0.717) is 0 Å². The second kappa shape index (κ2) is 5.29. The summed E-state index contributed by atoms with van der Waals surface area (Å²) in [7, 11) is 5.03. The van der Waals surface area contributed by atoms with Crippen molar-refractivity contribution in [3.8, 4) is 0 Å². The molecule has 2 aliphatic heterocycles. The molecular weight excluding hydrogens is 179 g/mol. The SMILES string of the molecule is CC.CN1CC(C2CCN(P)C2)C1. The normalized spacial score (nSPS) is 30.9. The first-order valence-corrected chi connectivity index (χ1v) is 5.95. The minimum atomic E-state index is 0.990. The first-order chi connectivity index (χ1) is 6.25. The first-order valence-electron chi connectivity index (χ1n) is 5.44. The van der Waals surface area contributed by atoms with Crippen LogP contribution in [0.4, 0.5) is 0 Å². The maximum Gasteiger partial charge on any atom is 0.00486 e. The maximum atomic E-state index is 2.81. The van der Waals surface area contributed by atoms with Gasteiger partial charge in [-0.05, 0) is 25.3 Å². The Morgan fingerprint density at radius 3 is 2.08 bits per heavy atom. The van der Waals surface area contributed by atoms with Crippen LogP contribution in [0.5, 0.6) is 0 Å². The molecule has 0 bridgehead atoms. The molecule has 3 heteroatoms. The molecule has 13 heavy (non-hydrogen) atoms. The fourth-order valence-corrected chi connectivity index (χ4v) is 2.67. The van der Waals surface area contributed by atoms with Crippen molar-refractivity contribution >= 4 is 9.39 Å². The maximum absolute atomic E-state index is 2.81. The standard InChI is InChI=1S/C8H17N2P.C2H6/c1-9-4-8(5-9)7-2-3-10(11)6-7;1-2/h7-8H,2-6,11H2,1H3;1-2H3. The molecule has 2 unspecified atom stereocenters. The molecule has 0 aliphatic carbocycles. The first kappa shape index (κ1) is 11.4. The van der Waals surface area contributed by atoms with Crippen molar-refractivity contribution in [2.45, 2.75) is 20.3 Å². The molecule has 0 aromatic carbocycles. The number of likely N-dealkylation sites (tertiary alicyclic amines) is 1. The lowest BCUT2D eigenvalue weighted by molar-refractivity contribution is 0.0884. The van der Waals surface area contributed by atoms with Gasteiger partial charge in [0.05, 0.1) is 0 Å². The van der Waals surface area contributed by atoms with Gasteiger partial charge in [-0.3, -0.25) is 4.67 Å². The van der Waals surface area contributed by atoms with Gasteiger partial charge in [0.2, 0.25) is 0 Å². The average molecular weight is 202 g/mol. The van der Waals surface area contributed by atoms with E-state index in [4.69, 9.17) is 0 Å². The highest BCUT2D eigenvalue weighted by atomic mass is 31.0. The van der Waals surface area contributed by atoms with Gasteiger partial charge in [-0.15, -0.1) is 0 Å². The van der Waals surface area contributed by atoms with Gasteiger partial charge in [0.25, 0.3) is 0 Å². The minimum absolute atomic E-state index is 0.990. The summed E-state index contributed by atoms with van der Waals surface area (Å²) in [5, 5.41) is 0. The van der Waals surface area contributed by atoms with Crippen molar-refractivity contribution < 1.29 is 0 Å². The predicted molar refractivity (Wildman–Crippen MR) is 61.7 cm³/mol. The Balaban J connectivity index is 0.000000396. The topological polar surface area (TPSA) is 6.48 Å². The molecule has 2 aliphatic rings. The van der Waals surface area contributed by atoms with Crippen LogP contribution in [0, 0.1) is 11.8 Å². The lowest BCUT2D eigenvalue weighted by Gasteiger charge is -2.39. The van der Waals surface area contributed by atoms with E-state index < -0.39 is 0 Å². The second-order valence-electron chi connectivity index (χ2n) is 4.02. The van der Waals surface area contributed by atoms with Crippen molar-refractivity contribution in [2.24, 2.45) is 11.8 Å². The molecule has 0 aromatic heterocycles. The zero-order valence-electron chi connectivity index (χ0n) is 9.16. The Kier molecular flexibility index (Phi) is 4.64. The smallest absolute Gasteiger partial charge is 0.00486 e. The van der Waals surface area contributed by atoms with E-state index in [1.54, 1.807) is 0 Å². The predicted octanol–water partition coefficient (Wildman–Crippen LogP) is 1.69. The van der Waals surface area contributed by atoms with Crippen LogP contribution in [0.2, 0.25) is 0 Å². The molecule has 0 N–H and O–H groups in total. The lowest BCUT2D eigenvalue weighted by Crippen LogP contribution is -2.47. The number of nitrogens with zero attached hydrogens (tertiary/aromatic N) is 2. The minimum Gasteiger partial charge on any atom is -0.306 e. The molecule has 2 fully saturated rings. The highest BCUT2D eigenvalue weighted by Crippen LogP contribution is 2.31. The van der Waals surface area contributed by atoms with E-state index in [-0.39, 0.29) is 0 Å². The van der Waals surface area contributed by atoms with Gasteiger partial charge >= 0.3 is 0 Å². The summed E-state index contributed by atoms with van der Waals surface area (Å²) in [4.78, 5) is 2.41. The van der Waals surface area contributed by atoms with E-state index in [2.05, 4.69) is 26.0 Å². The van der Waals surface area contributed by atoms with Crippen LogP contribution >= 0.6 is 9.39 Å².